The molecule has 1 aliphatic heterocycles. The molecule has 0 spiro atoms. The lowest BCUT2D eigenvalue weighted by Crippen LogP contribution is -2.51. The van der Waals surface area contributed by atoms with Crippen molar-refractivity contribution in [1.82, 2.24) is 0 Å². The SMILES string of the molecule is CC12c3ccccc3C(c3ccccc31)[C@H]1C(=O)N(c3ccc(F)cc3)C(=O)[C@H]12. The van der Waals surface area contributed by atoms with Crippen LogP contribution in [0.5, 0.6) is 0 Å². The number of benzene rings is 3. The van der Waals surface area contributed by atoms with Crippen molar-refractivity contribution in [1.29, 1.82) is 0 Å². The van der Waals surface area contributed by atoms with Gasteiger partial charge >= 0.3 is 0 Å². The standard InChI is InChI=1S/C25H18FNO2/c1-25-18-8-4-2-6-16(18)20(17-7-3-5-9-19(17)25)21-22(25)24(29)27(23(21)28)15-12-10-14(26)11-13-15/h2-13,20-22H,1H3/t20?,21-,22+,25?/m1/s1. The Hall–Kier alpha value is -3.27. The molecule has 29 heavy (non-hydrogen) atoms. The highest BCUT2D eigenvalue weighted by molar-refractivity contribution is 6.23. The van der Waals surface area contributed by atoms with Crippen LogP contribution in [0.2, 0.25) is 0 Å². The Labute approximate surface area is 167 Å². The molecule has 4 heteroatoms. The molecule has 142 valence electrons. The number of carbonyl (C=O) groups is 2. The van der Waals surface area contributed by atoms with Crippen molar-refractivity contribution < 1.29 is 14.0 Å². The predicted molar refractivity (Wildman–Crippen MR) is 107 cm³/mol. The van der Waals surface area contributed by atoms with Gasteiger partial charge < -0.3 is 0 Å². The summed E-state index contributed by atoms with van der Waals surface area (Å²) in [4.78, 5) is 28.5. The lowest BCUT2D eigenvalue weighted by Gasteiger charge is -2.52. The monoisotopic (exact) mass is 383 g/mol. The van der Waals surface area contributed by atoms with Gasteiger partial charge in [0.1, 0.15) is 5.82 Å². The summed E-state index contributed by atoms with van der Waals surface area (Å²) in [6.07, 6.45) is 0. The van der Waals surface area contributed by atoms with Gasteiger partial charge in [-0.1, -0.05) is 55.5 Å². The Bertz CT molecular complexity index is 1150. The van der Waals surface area contributed by atoms with Crippen LogP contribution in [-0.2, 0) is 15.0 Å². The lowest BCUT2D eigenvalue weighted by molar-refractivity contribution is -0.123. The summed E-state index contributed by atoms with van der Waals surface area (Å²) in [5.74, 6) is -1.82. The molecule has 3 aliphatic carbocycles. The van der Waals surface area contributed by atoms with Crippen LogP contribution in [-0.4, -0.2) is 11.8 Å². The van der Waals surface area contributed by atoms with Crippen LogP contribution in [0, 0.1) is 17.7 Å². The highest BCUT2D eigenvalue weighted by atomic mass is 19.1. The van der Waals surface area contributed by atoms with Gasteiger partial charge in [-0.2, -0.15) is 0 Å². The molecular formula is C25H18FNO2. The van der Waals surface area contributed by atoms with E-state index in [-0.39, 0.29) is 17.7 Å². The Kier molecular flexibility index (Phi) is 3.11. The van der Waals surface area contributed by atoms with Crippen molar-refractivity contribution in [3.63, 3.8) is 0 Å². The Morgan fingerprint density at radius 3 is 1.93 bits per heavy atom. The quantitative estimate of drug-likeness (QED) is 0.584. The van der Waals surface area contributed by atoms with E-state index in [2.05, 4.69) is 31.2 Å². The number of imide groups is 1. The number of hydrogen-bond donors (Lipinski definition) is 0. The molecule has 3 nitrogen and oxygen atoms in total. The first-order valence-corrected chi connectivity index (χ1v) is 9.85. The van der Waals surface area contributed by atoms with E-state index < -0.39 is 23.1 Å². The average Bonchev–Trinajstić information content (AvgIpc) is 3.01. The van der Waals surface area contributed by atoms with Gasteiger partial charge in [-0.25, -0.2) is 9.29 Å². The molecular weight excluding hydrogens is 365 g/mol. The summed E-state index contributed by atoms with van der Waals surface area (Å²) in [5, 5.41) is 0. The van der Waals surface area contributed by atoms with Crippen molar-refractivity contribution >= 4 is 17.5 Å². The van der Waals surface area contributed by atoms with Crippen molar-refractivity contribution in [2.24, 2.45) is 11.8 Å². The van der Waals surface area contributed by atoms with E-state index in [9.17, 15) is 14.0 Å². The van der Waals surface area contributed by atoms with Gasteiger partial charge in [0, 0.05) is 11.3 Å². The van der Waals surface area contributed by atoms with Gasteiger partial charge in [0.25, 0.3) is 0 Å². The van der Waals surface area contributed by atoms with E-state index in [4.69, 9.17) is 0 Å². The number of carbonyl (C=O) groups excluding carboxylic acids is 2. The lowest BCUT2D eigenvalue weighted by atomic mass is 9.48. The Balaban J connectivity index is 1.61. The van der Waals surface area contributed by atoms with E-state index in [1.807, 2.05) is 24.3 Å². The van der Waals surface area contributed by atoms with Gasteiger partial charge in [-0.15, -0.1) is 0 Å². The molecule has 1 heterocycles. The van der Waals surface area contributed by atoms with E-state index in [1.165, 1.54) is 29.2 Å². The zero-order valence-corrected chi connectivity index (χ0v) is 15.8. The third-order valence-corrected chi connectivity index (χ3v) is 7.13. The van der Waals surface area contributed by atoms with Gasteiger partial charge in [-0.3, -0.25) is 9.59 Å². The molecule has 3 aromatic carbocycles. The average molecular weight is 383 g/mol. The molecule has 0 saturated carbocycles. The first-order valence-electron chi connectivity index (χ1n) is 9.85. The number of amides is 2. The molecule has 1 fully saturated rings. The summed E-state index contributed by atoms with van der Waals surface area (Å²) >= 11 is 0. The van der Waals surface area contributed by atoms with Crippen LogP contribution < -0.4 is 4.90 Å². The number of nitrogens with zero attached hydrogens (tertiary/aromatic N) is 1. The van der Waals surface area contributed by atoms with Crippen molar-refractivity contribution in [2.45, 2.75) is 18.3 Å². The van der Waals surface area contributed by atoms with Gasteiger partial charge in [0.05, 0.1) is 17.5 Å². The molecule has 1 saturated heterocycles. The zero-order chi connectivity index (χ0) is 19.9. The van der Waals surface area contributed by atoms with Gasteiger partial charge in [0.2, 0.25) is 11.8 Å². The van der Waals surface area contributed by atoms with E-state index in [0.717, 1.165) is 22.3 Å². The molecule has 0 radical (unpaired) electrons. The minimum absolute atomic E-state index is 0.142. The summed E-state index contributed by atoms with van der Waals surface area (Å²) < 4.78 is 13.4. The second kappa shape index (κ2) is 5.41. The van der Waals surface area contributed by atoms with Crippen LogP contribution in [0.4, 0.5) is 10.1 Å². The van der Waals surface area contributed by atoms with Crippen molar-refractivity contribution in [2.75, 3.05) is 4.90 Å². The summed E-state index contributed by atoms with van der Waals surface area (Å²) in [6, 6.07) is 21.9. The molecule has 0 aromatic heterocycles. The summed E-state index contributed by atoms with van der Waals surface area (Å²) in [5.41, 5.74) is 4.40. The Morgan fingerprint density at radius 1 is 0.793 bits per heavy atom. The molecule has 3 aromatic rings. The largest absolute Gasteiger partial charge is 0.274 e. The third kappa shape index (κ3) is 1.87. The van der Waals surface area contributed by atoms with Crippen LogP contribution in [0.25, 0.3) is 0 Å². The smallest absolute Gasteiger partial charge is 0.238 e. The fraction of sp³-hybridized carbons (Fsp3) is 0.200. The number of hydrogen-bond acceptors (Lipinski definition) is 2. The molecule has 4 aliphatic rings. The zero-order valence-electron chi connectivity index (χ0n) is 15.8. The van der Waals surface area contributed by atoms with Crippen molar-refractivity contribution in [3.05, 3.63) is 101 Å². The molecule has 0 N–H and O–H groups in total. The molecule has 2 bridgehead atoms. The highest BCUT2D eigenvalue weighted by Gasteiger charge is 2.66. The second-order valence-corrected chi connectivity index (χ2v) is 8.35. The molecule has 2 atom stereocenters. The van der Waals surface area contributed by atoms with Crippen LogP contribution in [0.15, 0.2) is 72.8 Å². The maximum atomic E-state index is 13.7. The summed E-state index contributed by atoms with van der Waals surface area (Å²) in [6.45, 7) is 2.09. The Morgan fingerprint density at radius 2 is 1.34 bits per heavy atom. The van der Waals surface area contributed by atoms with Crippen LogP contribution >= 0.6 is 0 Å². The number of halogens is 1. The minimum Gasteiger partial charge on any atom is -0.274 e. The normalized spacial score (nSPS) is 28.9. The molecule has 2 amide bonds. The first-order chi connectivity index (χ1) is 14.0. The highest BCUT2D eigenvalue weighted by Crippen LogP contribution is 2.64. The van der Waals surface area contributed by atoms with E-state index in [1.54, 1.807) is 0 Å². The van der Waals surface area contributed by atoms with E-state index >= 15 is 0 Å². The summed E-state index contributed by atoms with van der Waals surface area (Å²) in [7, 11) is 0. The predicted octanol–water partition coefficient (Wildman–Crippen LogP) is 4.40. The fourth-order valence-corrected chi connectivity index (χ4v) is 6.00. The maximum absolute atomic E-state index is 13.7. The first kappa shape index (κ1) is 16.7. The van der Waals surface area contributed by atoms with Gasteiger partial charge in [-0.05, 0) is 46.5 Å². The second-order valence-electron chi connectivity index (χ2n) is 8.35. The minimum atomic E-state index is -0.575. The molecule has 7 rings (SSSR count). The van der Waals surface area contributed by atoms with Crippen molar-refractivity contribution in [3.8, 4) is 0 Å². The van der Waals surface area contributed by atoms with Gasteiger partial charge in [0.15, 0.2) is 0 Å². The maximum Gasteiger partial charge on any atom is 0.238 e. The third-order valence-electron chi connectivity index (χ3n) is 7.13. The topological polar surface area (TPSA) is 37.4 Å². The van der Waals surface area contributed by atoms with Crippen LogP contribution in [0.3, 0.4) is 0 Å². The van der Waals surface area contributed by atoms with Crippen LogP contribution in [0.1, 0.15) is 35.1 Å². The molecule has 0 unspecified atom stereocenters. The number of rotatable bonds is 1. The number of anilines is 1. The fourth-order valence-electron chi connectivity index (χ4n) is 6.00. The van der Waals surface area contributed by atoms with E-state index in [0.29, 0.717) is 5.69 Å².